The molecular formula is C9H7ClN2O2. The summed E-state index contributed by atoms with van der Waals surface area (Å²) < 4.78 is 4.97. The van der Waals surface area contributed by atoms with E-state index >= 15 is 0 Å². The van der Waals surface area contributed by atoms with Gasteiger partial charge in [0.05, 0.1) is 0 Å². The van der Waals surface area contributed by atoms with Gasteiger partial charge in [0.25, 0.3) is 0 Å². The highest BCUT2D eigenvalue weighted by molar-refractivity contribution is 6.30. The summed E-state index contributed by atoms with van der Waals surface area (Å²) in [5, 5.41) is 12.8. The Bertz CT molecular complexity index is 425. The lowest BCUT2D eigenvalue weighted by Gasteiger charge is -1.93. The quantitative estimate of drug-likeness (QED) is 0.749. The Morgan fingerprint density at radius 3 is 2.57 bits per heavy atom. The first-order chi connectivity index (χ1) is 6.79. The number of halogens is 1. The first-order valence-corrected chi connectivity index (χ1v) is 4.30. The molecule has 14 heavy (non-hydrogen) atoms. The van der Waals surface area contributed by atoms with E-state index in [4.69, 9.17) is 21.3 Å². The van der Waals surface area contributed by atoms with Gasteiger partial charge in [0.2, 0.25) is 0 Å². The van der Waals surface area contributed by atoms with Crippen LogP contribution in [0.15, 0.2) is 34.9 Å². The van der Waals surface area contributed by atoms with Gasteiger partial charge in [-0.2, -0.15) is 0 Å². The second-order valence-corrected chi connectivity index (χ2v) is 3.13. The third-order valence-corrected chi connectivity index (χ3v) is 2.01. The van der Waals surface area contributed by atoms with Gasteiger partial charge >= 0.3 is 0 Å². The number of nitrogens with one attached hydrogen (secondary N) is 1. The van der Waals surface area contributed by atoms with Crippen LogP contribution < -0.4 is 5.48 Å². The molecule has 0 radical (unpaired) electrons. The van der Waals surface area contributed by atoms with E-state index in [1.165, 1.54) is 0 Å². The van der Waals surface area contributed by atoms with E-state index in [2.05, 4.69) is 5.16 Å². The lowest BCUT2D eigenvalue weighted by Crippen LogP contribution is -1.86. The van der Waals surface area contributed by atoms with Gasteiger partial charge in [-0.3, -0.25) is 5.21 Å². The molecule has 2 aromatic rings. The smallest absolute Gasteiger partial charge is 0.193 e. The number of hydrogen-bond acceptors (Lipinski definition) is 4. The molecule has 0 aliphatic rings. The Morgan fingerprint density at radius 2 is 2.00 bits per heavy atom. The van der Waals surface area contributed by atoms with E-state index in [-0.39, 0.29) is 5.82 Å². The molecule has 2 N–H and O–H groups in total. The standard InChI is InChI=1S/C9H7ClN2O2/c10-7-3-1-6(2-4-7)8-5-9(11-13)12-14-8/h1-5,13H,(H,11,12). The molecular weight excluding hydrogens is 204 g/mol. The minimum atomic E-state index is 0.273. The molecule has 0 atom stereocenters. The van der Waals surface area contributed by atoms with Gasteiger partial charge in [0, 0.05) is 16.7 Å². The molecule has 72 valence electrons. The summed E-state index contributed by atoms with van der Waals surface area (Å²) in [7, 11) is 0. The largest absolute Gasteiger partial charge is 0.354 e. The van der Waals surface area contributed by atoms with Gasteiger partial charge in [0.1, 0.15) is 0 Å². The van der Waals surface area contributed by atoms with Crippen LogP contribution >= 0.6 is 11.6 Å². The van der Waals surface area contributed by atoms with Crippen molar-refractivity contribution in [2.45, 2.75) is 0 Å². The molecule has 0 saturated carbocycles. The first kappa shape index (κ1) is 9.05. The van der Waals surface area contributed by atoms with E-state index in [0.29, 0.717) is 10.8 Å². The third-order valence-electron chi connectivity index (χ3n) is 1.75. The number of anilines is 1. The molecule has 1 aromatic carbocycles. The van der Waals surface area contributed by atoms with E-state index in [1.54, 1.807) is 18.2 Å². The summed E-state index contributed by atoms with van der Waals surface area (Å²) in [6, 6.07) is 8.72. The normalized spacial score (nSPS) is 10.1. The van der Waals surface area contributed by atoms with Crippen molar-refractivity contribution in [1.29, 1.82) is 0 Å². The Hall–Kier alpha value is -1.52. The lowest BCUT2D eigenvalue weighted by molar-refractivity contribution is 0.370. The molecule has 0 aliphatic carbocycles. The second kappa shape index (κ2) is 3.69. The zero-order valence-corrected chi connectivity index (χ0v) is 7.82. The highest BCUT2D eigenvalue weighted by atomic mass is 35.5. The number of rotatable bonds is 2. The molecule has 0 fully saturated rings. The number of nitrogens with zero attached hydrogens (tertiary/aromatic N) is 1. The van der Waals surface area contributed by atoms with Crippen LogP contribution in [0.25, 0.3) is 11.3 Å². The maximum atomic E-state index is 8.55. The molecule has 1 aromatic heterocycles. The zero-order valence-electron chi connectivity index (χ0n) is 7.07. The van der Waals surface area contributed by atoms with E-state index in [0.717, 1.165) is 5.56 Å². The molecule has 4 nitrogen and oxygen atoms in total. The summed E-state index contributed by atoms with van der Waals surface area (Å²) in [5.74, 6) is 0.841. The minimum absolute atomic E-state index is 0.273. The van der Waals surface area contributed by atoms with Crippen molar-refractivity contribution >= 4 is 17.4 Å². The van der Waals surface area contributed by atoms with Gasteiger partial charge in [0.15, 0.2) is 11.6 Å². The third kappa shape index (κ3) is 1.71. The Balaban J connectivity index is 2.34. The van der Waals surface area contributed by atoms with Crippen molar-refractivity contribution < 1.29 is 9.73 Å². The van der Waals surface area contributed by atoms with Crippen molar-refractivity contribution in [3.8, 4) is 11.3 Å². The summed E-state index contributed by atoms with van der Waals surface area (Å²) in [4.78, 5) is 0. The molecule has 0 amide bonds. The zero-order chi connectivity index (χ0) is 9.97. The molecule has 0 aliphatic heterocycles. The SMILES string of the molecule is ONc1cc(-c2ccc(Cl)cc2)on1. The molecule has 0 saturated heterocycles. The fourth-order valence-electron chi connectivity index (χ4n) is 1.08. The van der Waals surface area contributed by atoms with Gasteiger partial charge in [-0.25, -0.2) is 5.48 Å². The Morgan fingerprint density at radius 1 is 1.29 bits per heavy atom. The van der Waals surface area contributed by atoms with Crippen LogP contribution in [0.3, 0.4) is 0 Å². The van der Waals surface area contributed by atoms with E-state index in [1.807, 2.05) is 17.6 Å². The van der Waals surface area contributed by atoms with Crippen molar-refractivity contribution in [2.24, 2.45) is 0 Å². The second-order valence-electron chi connectivity index (χ2n) is 2.70. The van der Waals surface area contributed by atoms with E-state index in [9.17, 15) is 0 Å². The molecule has 5 heteroatoms. The average molecular weight is 211 g/mol. The minimum Gasteiger partial charge on any atom is -0.354 e. The predicted octanol–water partition coefficient (Wildman–Crippen LogP) is 2.80. The van der Waals surface area contributed by atoms with Crippen LogP contribution in [0.4, 0.5) is 5.82 Å². The van der Waals surface area contributed by atoms with Crippen LogP contribution in [0.2, 0.25) is 5.02 Å². The van der Waals surface area contributed by atoms with Crippen LogP contribution in [0.1, 0.15) is 0 Å². The number of hydrogen-bond donors (Lipinski definition) is 2. The summed E-state index contributed by atoms with van der Waals surface area (Å²) >= 11 is 5.73. The highest BCUT2D eigenvalue weighted by Gasteiger charge is 2.05. The molecule has 0 bridgehead atoms. The highest BCUT2D eigenvalue weighted by Crippen LogP contribution is 2.23. The molecule has 0 unspecified atom stereocenters. The average Bonchev–Trinajstić information content (AvgIpc) is 2.67. The summed E-state index contributed by atoms with van der Waals surface area (Å²) in [5.41, 5.74) is 2.75. The molecule has 2 rings (SSSR count). The number of benzene rings is 1. The Kier molecular flexibility index (Phi) is 2.39. The van der Waals surface area contributed by atoms with Crippen LogP contribution in [-0.2, 0) is 0 Å². The van der Waals surface area contributed by atoms with Crippen molar-refractivity contribution in [3.63, 3.8) is 0 Å². The van der Waals surface area contributed by atoms with E-state index < -0.39 is 0 Å². The van der Waals surface area contributed by atoms with Crippen molar-refractivity contribution in [3.05, 3.63) is 35.4 Å². The van der Waals surface area contributed by atoms with Crippen LogP contribution in [0.5, 0.6) is 0 Å². The first-order valence-electron chi connectivity index (χ1n) is 3.92. The lowest BCUT2D eigenvalue weighted by atomic mass is 10.2. The van der Waals surface area contributed by atoms with Gasteiger partial charge in [-0.1, -0.05) is 16.8 Å². The van der Waals surface area contributed by atoms with Crippen LogP contribution in [0, 0.1) is 0 Å². The summed E-state index contributed by atoms with van der Waals surface area (Å²) in [6.45, 7) is 0. The maximum absolute atomic E-state index is 8.55. The van der Waals surface area contributed by atoms with Crippen molar-refractivity contribution in [1.82, 2.24) is 5.16 Å². The van der Waals surface area contributed by atoms with Gasteiger partial charge < -0.3 is 4.52 Å². The molecule has 1 heterocycles. The fourth-order valence-corrected chi connectivity index (χ4v) is 1.20. The Labute approximate surface area is 85.1 Å². The predicted molar refractivity (Wildman–Crippen MR) is 52.4 cm³/mol. The van der Waals surface area contributed by atoms with Gasteiger partial charge in [-0.15, -0.1) is 0 Å². The molecule has 0 spiro atoms. The maximum Gasteiger partial charge on any atom is 0.193 e. The van der Waals surface area contributed by atoms with Crippen molar-refractivity contribution in [2.75, 3.05) is 5.48 Å². The number of aromatic nitrogens is 1. The van der Waals surface area contributed by atoms with Gasteiger partial charge in [-0.05, 0) is 24.3 Å². The fraction of sp³-hybridized carbons (Fsp3) is 0. The van der Waals surface area contributed by atoms with Crippen LogP contribution in [-0.4, -0.2) is 10.4 Å². The monoisotopic (exact) mass is 210 g/mol. The topological polar surface area (TPSA) is 58.3 Å². The summed E-state index contributed by atoms with van der Waals surface area (Å²) in [6.07, 6.45) is 0.